The lowest BCUT2D eigenvalue weighted by Gasteiger charge is -2.25. The molecule has 9 heteroatoms. The standard InChI is InChI=1S/C60H113NO8/c1-6-8-10-12-14-16-18-20-21-22-23-24-25-26-27-28-29-30-31-32-33-34-35-36-37-39-41-43-45-47-49-51-58(63)69-56(55-68-60(59(64)65)66-53-52-61(3,4)5)54-67-57(62)50-48-46-44-42-40-38-19-17-15-13-11-9-7-2/h17,19,22-23,56,60H,6-16,18,20-21,24-55H2,1-5H3/p+1/b19-17-,23-22-. The van der Waals surface area contributed by atoms with Crippen LogP contribution in [0.5, 0.6) is 0 Å². The number of rotatable bonds is 55. The van der Waals surface area contributed by atoms with Gasteiger partial charge in [-0.2, -0.15) is 0 Å². The van der Waals surface area contributed by atoms with Crippen molar-refractivity contribution in [2.75, 3.05) is 47.5 Å². The van der Waals surface area contributed by atoms with Gasteiger partial charge in [-0.1, -0.05) is 231 Å². The third-order valence-corrected chi connectivity index (χ3v) is 13.2. The molecule has 0 rings (SSSR count). The predicted molar refractivity (Wildman–Crippen MR) is 291 cm³/mol. The van der Waals surface area contributed by atoms with Gasteiger partial charge in [0.25, 0.3) is 6.29 Å². The number of hydrogen-bond donors (Lipinski definition) is 1. The fourth-order valence-electron chi connectivity index (χ4n) is 8.59. The van der Waals surface area contributed by atoms with Crippen LogP contribution in [-0.2, 0) is 33.3 Å². The maximum absolute atomic E-state index is 12.9. The SMILES string of the molecule is CCCCCC/C=C\CCCCCCCC(=O)OCC(COC(OCC[N+](C)(C)C)C(=O)O)OC(=O)CCCCCCCCCCCCCCCCCCCCC/C=C\CCCCCCCCCC. The number of carboxylic acids is 1. The number of allylic oxidation sites excluding steroid dienone is 4. The van der Waals surface area contributed by atoms with Gasteiger partial charge in [-0.05, 0) is 64.2 Å². The van der Waals surface area contributed by atoms with E-state index in [4.69, 9.17) is 18.9 Å². The van der Waals surface area contributed by atoms with Gasteiger partial charge in [-0.15, -0.1) is 0 Å². The highest BCUT2D eigenvalue weighted by atomic mass is 16.7. The summed E-state index contributed by atoms with van der Waals surface area (Å²) in [7, 11) is 5.97. The minimum absolute atomic E-state index is 0.182. The molecule has 0 saturated heterocycles. The quantitative estimate of drug-likeness (QED) is 0.0211. The average molecular weight is 978 g/mol. The van der Waals surface area contributed by atoms with E-state index in [1.807, 2.05) is 21.1 Å². The van der Waals surface area contributed by atoms with Crippen molar-refractivity contribution in [3.63, 3.8) is 0 Å². The van der Waals surface area contributed by atoms with Crippen LogP contribution in [0, 0.1) is 0 Å². The Labute approximate surface area is 427 Å². The molecule has 0 spiro atoms. The monoisotopic (exact) mass is 977 g/mol. The van der Waals surface area contributed by atoms with Gasteiger partial charge in [0.15, 0.2) is 6.10 Å². The lowest BCUT2D eigenvalue weighted by Crippen LogP contribution is -2.40. The van der Waals surface area contributed by atoms with E-state index in [2.05, 4.69) is 38.2 Å². The van der Waals surface area contributed by atoms with Crippen molar-refractivity contribution in [1.29, 1.82) is 0 Å². The maximum atomic E-state index is 12.9. The zero-order valence-electron chi connectivity index (χ0n) is 46.2. The molecular weight excluding hydrogens is 863 g/mol. The molecule has 406 valence electrons. The van der Waals surface area contributed by atoms with Gasteiger partial charge in [0.2, 0.25) is 0 Å². The number of likely N-dealkylation sites (N-methyl/N-ethyl adjacent to an activating group) is 1. The first kappa shape index (κ1) is 66.8. The summed E-state index contributed by atoms with van der Waals surface area (Å²) in [6.45, 7) is 4.89. The maximum Gasteiger partial charge on any atom is 0.361 e. The lowest BCUT2D eigenvalue weighted by atomic mass is 10.0. The molecule has 0 saturated carbocycles. The summed E-state index contributed by atoms with van der Waals surface area (Å²) < 4.78 is 22.8. The molecule has 0 aliphatic carbocycles. The van der Waals surface area contributed by atoms with Crippen molar-refractivity contribution in [3.05, 3.63) is 24.3 Å². The third kappa shape index (κ3) is 53.4. The van der Waals surface area contributed by atoms with Gasteiger partial charge in [-0.25, -0.2) is 4.79 Å². The fraction of sp³-hybridized carbons (Fsp3) is 0.883. The predicted octanol–water partition coefficient (Wildman–Crippen LogP) is 17.1. The Morgan fingerprint density at radius 2 is 0.739 bits per heavy atom. The van der Waals surface area contributed by atoms with Crippen LogP contribution in [0.2, 0.25) is 0 Å². The number of ether oxygens (including phenoxy) is 4. The Hall–Kier alpha value is -2.23. The highest BCUT2D eigenvalue weighted by Gasteiger charge is 2.25. The Morgan fingerprint density at radius 1 is 0.420 bits per heavy atom. The number of aliphatic carboxylic acids is 1. The Kier molecular flexibility index (Phi) is 50.4. The molecule has 0 fully saturated rings. The van der Waals surface area contributed by atoms with Crippen molar-refractivity contribution >= 4 is 17.9 Å². The molecule has 0 radical (unpaired) electrons. The number of carbonyl (C=O) groups is 3. The molecule has 0 aliphatic rings. The molecule has 9 nitrogen and oxygen atoms in total. The van der Waals surface area contributed by atoms with Gasteiger partial charge in [-0.3, -0.25) is 9.59 Å². The summed E-state index contributed by atoms with van der Waals surface area (Å²) in [4.78, 5) is 37.3. The Balaban J connectivity index is 4.07. The molecule has 1 N–H and O–H groups in total. The second-order valence-corrected chi connectivity index (χ2v) is 21.3. The van der Waals surface area contributed by atoms with Gasteiger partial charge >= 0.3 is 17.9 Å². The summed E-state index contributed by atoms with van der Waals surface area (Å²) in [5.74, 6) is -2.00. The Bertz CT molecular complexity index is 1180. The number of esters is 2. The van der Waals surface area contributed by atoms with E-state index in [-0.39, 0.29) is 32.2 Å². The van der Waals surface area contributed by atoms with Crippen molar-refractivity contribution in [2.24, 2.45) is 0 Å². The van der Waals surface area contributed by atoms with Crippen molar-refractivity contribution < 1.29 is 42.9 Å². The summed E-state index contributed by atoms with van der Waals surface area (Å²) >= 11 is 0. The van der Waals surface area contributed by atoms with Crippen LogP contribution in [0.4, 0.5) is 0 Å². The minimum Gasteiger partial charge on any atom is -0.477 e. The van der Waals surface area contributed by atoms with Gasteiger partial charge in [0, 0.05) is 12.8 Å². The molecule has 0 aromatic carbocycles. The van der Waals surface area contributed by atoms with Crippen LogP contribution in [-0.4, -0.2) is 87.4 Å². The molecule has 2 unspecified atom stereocenters. The number of nitrogens with zero attached hydrogens (tertiary/aromatic N) is 1. The summed E-state index contributed by atoms with van der Waals surface area (Å²) in [6, 6.07) is 0. The normalized spacial score (nSPS) is 12.9. The lowest BCUT2D eigenvalue weighted by molar-refractivity contribution is -0.870. The summed E-state index contributed by atoms with van der Waals surface area (Å²) in [5.41, 5.74) is 0. The first-order valence-electron chi connectivity index (χ1n) is 29.5. The van der Waals surface area contributed by atoms with Crippen LogP contribution in [0.1, 0.15) is 284 Å². The zero-order chi connectivity index (χ0) is 50.6. The second kappa shape index (κ2) is 52.1. The number of hydrogen-bond acceptors (Lipinski definition) is 7. The molecule has 0 amide bonds. The zero-order valence-corrected chi connectivity index (χ0v) is 46.2. The van der Waals surface area contributed by atoms with Crippen LogP contribution in [0.25, 0.3) is 0 Å². The van der Waals surface area contributed by atoms with E-state index in [1.165, 1.54) is 199 Å². The fourth-order valence-corrected chi connectivity index (χ4v) is 8.59. The summed E-state index contributed by atoms with van der Waals surface area (Å²) in [6.07, 6.45) is 58.5. The topological polar surface area (TPSA) is 108 Å². The highest BCUT2D eigenvalue weighted by Crippen LogP contribution is 2.17. The minimum atomic E-state index is -1.51. The van der Waals surface area contributed by atoms with Crippen LogP contribution in [0.15, 0.2) is 24.3 Å². The molecule has 0 heterocycles. The number of unbranched alkanes of at least 4 members (excludes halogenated alkanes) is 36. The molecule has 69 heavy (non-hydrogen) atoms. The Morgan fingerprint density at radius 3 is 1.09 bits per heavy atom. The van der Waals surface area contributed by atoms with Crippen LogP contribution in [0.3, 0.4) is 0 Å². The van der Waals surface area contributed by atoms with E-state index in [0.29, 0.717) is 17.4 Å². The van der Waals surface area contributed by atoms with Crippen LogP contribution >= 0.6 is 0 Å². The van der Waals surface area contributed by atoms with Gasteiger partial charge in [0.05, 0.1) is 34.4 Å². The molecule has 0 aromatic rings. The van der Waals surface area contributed by atoms with E-state index in [1.54, 1.807) is 0 Å². The van der Waals surface area contributed by atoms with E-state index in [9.17, 15) is 19.5 Å². The molecule has 2 atom stereocenters. The van der Waals surface area contributed by atoms with E-state index < -0.39 is 24.3 Å². The molecule has 0 bridgehead atoms. The van der Waals surface area contributed by atoms with Gasteiger partial charge < -0.3 is 28.5 Å². The summed E-state index contributed by atoms with van der Waals surface area (Å²) in [5, 5.41) is 9.68. The first-order valence-corrected chi connectivity index (χ1v) is 29.5. The number of carbonyl (C=O) groups excluding carboxylic acids is 2. The third-order valence-electron chi connectivity index (χ3n) is 13.2. The smallest absolute Gasteiger partial charge is 0.361 e. The van der Waals surface area contributed by atoms with Gasteiger partial charge in [0.1, 0.15) is 13.2 Å². The van der Waals surface area contributed by atoms with Crippen molar-refractivity contribution in [2.45, 2.75) is 296 Å². The average Bonchev–Trinajstić information content (AvgIpc) is 3.31. The number of carboxylic acid groups (broad SMARTS) is 1. The highest BCUT2D eigenvalue weighted by molar-refractivity contribution is 5.71. The van der Waals surface area contributed by atoms with Crippen LogP contribution < -0.4 is 0 Å². The van der Waals surface area contributed by atoms with E-state index >= 15 is 0 Å². The molecule has 0 aliphatic heterocycles. The first-order chi connectivity index (χ1) is 33.6. The second-order valence-electron chi connectivity index (χ2n) is 21.3. The van der Waals surface area contributed by atoms with Crippen molar-refractivity contribution in [1.82, 2.24) is 0 Å². The molecular formula is C60H114NO8+. The largest absolute Gasteiger partial charge is 0.477 e. The van der Waals surface area contributed by atoms with Crippen molar-refractivity contribution in [3.8, 4) is 0 Å². The van der Waals surface area contributed by atoms with E-state index in [0.717, 1.165) is 57.8 Å². The molecule has 0 aromatic heterocycles. The number of quaternary nitrogens is 1.